The third kappa shape index (κ3) is 3.22. The topological polar surface area (TPSA) is 54.3 Å². The standard InChI is InChI=1S/C21H25N5OS/c1-14-19-17(12-18(15-5-6-15)22-20(19)24(2)23-14)21(27)26-9-7-25(8-10-26)13-16-4-3-11-28-16/h3-4,11-12,15H,5-10,13H2,1-2H3. The molecule has 0 unspecified atom stereocenters. The first-order valence-electron chi connectivity index (χ1n) is 9.98. The maximum Gasteiger partial charge on any atom is 0.254 e. The number of hydrogen-bond donors (Lipinski definition) is 0. The maximum absolute atomic E-state index is 13.4. The Bertz CT molecular complexity index is 1010. The molecule has 4 heterocycles. The normalized spacial score (nSPS) is 18.1. The summed E-state index contributed by atoms with van der Waals surface area (Å²) in [7, 11) is 1.91. The van der Waals surface area contributed by atoms with Gasteiger partial charge >= 0.3 is 0 Å². The summed E-state index contributed by atoms with van der Waals surface area (Å²) in [5, 5.41) is 7.57. The quantitative estimate of drug-likeness (QED) is 0.681. The van der Waals surface area contributed by atoms with Crippen LogP contribution in [-0.2, 0) is 13.6 Å². The molecular formula is C21H25N5OS. The molecule has 28 heavy (non-hydrogen) atoms. The monoisotopic (exact) mass is 395 g/mol. The van der Waals surface area contributed by atoms with Crippen molar-refractivity contribution in [3.63, 3.8) is 0 Å². The highest BCUT2D eigenvalue weighted by molar-refractivity contribution is 7.09. The highest BCUT2D eigenvalue weighted by Gasteiger charge is 2.30. The lowest BCUT2D eigenvalue weighted by Crippen LogP contribution is -2.48. The van der Waals surface area contributed by atoms with Crippen LogP contribution in [0.15, 0.2) is 23.6 Å². The van der Waals surface area contributed by atoms with Crippen molar-refractivity contribution in [2.24, 2.45) is 7.05 Å². The molecular weight excluding hydrogens is 370 g/mol. The van der Waals surface area contributed by atoms with Gasteiger partial charge in [-0.1, -0.05) is 6.07 Å². The van der Waals surface area contributed by atoms with Crippen LogP contribution >= 0.6 is 11.3 Å². The second kappa shape index (κ2) is 6.97. The highest BCUT2D eigenvalue weighted by Crippen LogP contribution is 2.40. The van der Waals surface area contributed by atoms with Gasteiger partial charge in [0.1, 0.15) is 0 Å². The van der Waals surface area contributed by atoms with E-state index in [2.05, 4.69) is 27.5 Å². The number of amides is 1. The van der Waals surface area contributed by atoms with Crippen LogP contribution < -0.4 is 0 Å². The largest absolute Gasteiger partial charge is 0.336 e. The molecule has 0 N–H and O–H groups in total. The number of piperazine rings is 1. The van der Waals surface area contributed by atoms with Crippen molar-refractivity contribution in [3.8, 4) is 0 Å². The molecule has 1 aliphatic heterocycles. The summed E-state index contributed by atoms with van der Waals surface area (Å²) in [6.45, 7) is 6.32. The van der Waals surface area contributed by atoms with Crippen LogP contribution in [0, 0.1) is 6.92 Å². The molecule has 0 radical (unpaired) electrons. The third-order valence-electron chi connectivity index (χ3n) is 5.83. The van der Waals surface area contributed by atoms with Crippen LogP contribution in [-0.4, -0.2) is 56.7 Å². The van der Waals surface area contributed by atoms with Crippen LogP contribution in [0.5, 0.6) is 0 Å². The van der Waals surface area contributed by atoms with Gasteiger partial charge in [-0.05, 0) is 37.3 Å². The van der Waals surface area contributed by atoms with E-state index in [0.29, 0.717) is 5.92 Å². The van der Waals surface area contributed by atoms with Crippen LogP contribution in [0.4, 0.5) is 0 Å². The van der Waals surface area contributed by atoms with Crippen LogP contribution in [0.2, 0.25) is 0 Å². The maximum atomic E-state index is 13.4. The highest BCUT2D eigenvalue weighted by atomic mass is 32.1. The number of rotatable bonds is 4. The van der Waals surface area contributed by atoms with Gasteiger partial charge < -0.3 is 4.90 Å². The van der Waals surface area contributed by atoms with Gasteiger partial charge in [-0.15, -0.1) is 11.3 Å². The van der Waals surface area contributed by atoms with Gasteiger partial charge in [-0.3, -0.25) is 14.4 Å². The Hall–Kier alpha value is -2.25. The Balaban J connectivity index is 1.39. The number of hydrogen-bond acceptors (Lipinski definition) is 5. The summed E-state index contributed by atoms with van der Waals surface area (Å²) in [6, 6.07) is 6.32. The van der Waals surface area contributed by atoms with Crippen LogP contribution in [0.1, 0.15) is 45.4 Å². The van der Waals surface area contributed by atoms with E-state index in [0.717, 1.165) is 60.7 Å². The summed E-state index contributed by atoms with van der Waals surface area (Å²) in [5.74, 6) is 0.634. The van der Waals surface area contributed by atoms with E-state index in [1.54, 1.807) is 11.3 Å². The molecule has 1 saturated carbocycles. The number of aryl methyl sites for hydroxylation is 2. The minimum Gasteiger partial charge on any atom is -0.336 e. The molecule has 3 aromatic heterocycles. The van der Waals surface area contributed by atoms with Gasteiger partial charge in [0.25, 0.3) is 5.91 Å². The Morgan fingerprint density at radius 2 is 2.04 bits per heavy atom. The molecule has 0 atom stereocenters. The van der Waals surface area contributed by atoms with Gasteiger partial charge in [0.05, 0.1) is 16.6 Å². The molecule has 146 valence electrons. The first-order valence-corrected chi connectivity index (χ1v) is 10.9. The first-order chi connectivity index (χ1) is 13.6. The zero-order chi connectivity index (χ0) is 19.3. The Labute approximate surface area is 168 Å². The number of thiophene rings is 1. The lowest BCUT2D eigenvalue weighted by molar-refractivity contribution is 0.0631. The number of pyridine rings is 1. The molecule has 2 aliphatic rings. The molecule has 1 amide bonds. The van der Waals surface area contributed by atoms with Crippen molar-refractivity contribution in [2.45, 2.75) is 32.2 Å². The summed E-state index contributed by atoms with van der Waals surface area (Å²) in [5.41, 5.74) is 3.55. The molecule has 1 saturated heterocycles. The fourth-order valence-electron chi connectivity index (χ4n) is 4.12. The van der Waals surface area contributed by atoms with E-state index in [1.807, 2.05) is 29.6 Å². The van der Waals surface area contributed by atoms with Crippen molar-refractivity contribution in [2.75, 3.05) is 26.2 Å². The Kier molecular flexibility index (Phi) is 4.44. The zero-order valence-corrected chi connectivity index (χ0v) is 17.2. The molecule has 3 aromatic rings. The van der Waals surface area contributed by atoms with Crippen molar-refractivity contribution in [3.05, 3.63) is 45.4 Å². The number of carbonyl (C=O) groups excluding carboxylic acids is 1. The predicted molar refractivity (Wildman–Crippen MR) is 111 cm³/mol. The van der Waals surface area contributed by atoms with Gasteiger partial charge in [-0.2, -0.15) is 5.10 Å². The smallest absolute Gasteiger partial charge is 0.254 e. The van der Waals surface area contributed by atoms with E-state index in [9.17, 15) is 4.79 Å². The van der Waals surface area contributed by atoms with E-state index in [4.69, 9.17) is 4.98 Å². The minimum atomic E-state index is 0.126. The van der Waals surface area contributed by atoms with Crippen LogP contribution in [0.25, 0.3) is 11.0 Å². The van der Waals surface area contributed by atoms with Crippen molar-refractivity contribution in [1.82, 2.24) is 24.6 Å². The lowest BCUT2D eigenvalue weighted by Gasteiger charge is -2.34. The third-order valence-corrected chi connectivity index (χ3v) is 6.69. The summed E-state index contributed by atoms with van der Waals surface area (Å²) < 4.78 is 1.81. The molecule has 1 aliphatic carbocycles. The Morgan fingerprint density at radius 3 is 2.71 bits per heavy atom. The number of carbonyl (C=O) groups is 1. The number of fused-ring (bicyclic) bond motifs is 1. The van der Waals surface area contributed by atoms with Gasteiger partial charge in [0.15, 0.2) is 5.65 Å². The second-order valence-corrected chi connectivity index (χ2v) is 8.96. The molecule has 7 heteroatoms. The van der Waals surface area contributed by atoms with E-state index < -0.39 is 0 Å². The molecule has 2 fully saturated rings. The van der Waals surface area contributed by atoms with E-state index >= 15 is 0 Å². The number of nitrogens with zero attached hydrogens (tertiary/aromatic N) is 5. The summed E-state index contributed by atoms with van der Waals surface area (Å²) in [6.07, 6.45) is 2.34. The average Bonchev–Trinajstić information content (AvgIpc) is 3.36. The molecule has 0 spiro atoms. The summed E-state index contributed by atoms with van der Waals surface area (Å²) in [4.78, 5) is 24.1. The fourth-order valence-corrected chi connectivity index (χ4v) is 4.87. The van der Waals surface area contributed by atoms with Crippen molar-refractivity contribution in [1.29, 1.82) is 0 Å². The average molecular weight is 396 g/mol. The van der Waals surface area contributed by atoms with E-state index in [-0.39, 0.29) is 5.91 Å². The molecule has 0 aromatic carbocycles. The molecule has 6 nitrogen and oxygen atoms in total. The van der Waals surface area contributed by atoms with Gasteiger partial charge in [0.2, 0.25) is 0 Å². The fraction of sp³-hybridized carbons (Fsp3) is 0.476. The zero-order valence-electron chi connectivity index (χ0n) is 16.4. The van der Waals surface area contributed by atoms with Crippen LogP contribution in [0.3, 0.4) is 0 Å². The number of aromatic nitrogens is 3. The van der Waals surface area contributed by atoms with Crippen molar-refractivity contribution < 1.29 is 4.79 Å². The van der Waals surface area contributed by atoms with E-state index in [1.165, 1.54) is 17.7 Å². The predicted octanol–water partition coefficient (Wildman–Crippen LogP) is 3.17. The first kappa shape index (κ1) is 17.8. The van der Waals surface area contributed by atoms with Gasteiger partial charge in [0, 0.05) is 56.3 Å². The Morgan fingerprint density at radius 1 is 1.25 bits per heavy atom. The molecule has 0 bridgehead atoms. The minimum absolute atomic E-state index is 0.126. The SMILES string of the molecule is Cc1nn(C)c2nc(C3CC3)cc(C(=O)N3CCN(Cc4cccs4)CC3)c12. The lowest BCUT2D eigenvalue weighted by atomic mass is 10.1. The second-order valence-electron chi connectivity index (χ2n) is 7.92. The summed E-state index contributed by atoms with van der Waals surface area (Å²) >= 11 is 1.80. The molecule has 5 rings (SSSR count). The van der Waals surface area contributed by atoms with Gasteiger partial charge in [-0.25, -0.2) is 4.98 Å². The van der Waals surface area contributed by atoms with Crippen molar-refractivity contribution >= 4 is 28.3 Å².